The molecule has 1 aliphatic rings. The second-order valence-corrected chi connectivity index (χ2v) is 3.88. The molecule has 2 rings (SSSR count). The maximum absolute atomic E-state index is 12.8. The molecule has 1 atom stereocenters. The number of anilines is 1. The smallest absolute Gasteiger partial charge is 0.214 e. The van der Waals surface area contributed by atoms with Crippen molar-refractivity contribution in [2.75, 3.05) is 11.9 Å². The van der Waals surface area contributed by atoms with Gasteiger partial charge in [-0.05, 0) is 37.3 Å². The third kappa shape index (κ3) is 3.05. The Balaban J connectivity index is 1.84. The van der Waals surface area contributed by atoms with Gasteiger partial charge in [-0.2, -0.15) is 4.39 Å². The van der Waals surface area contributed by atoms with Crippen LogP contribution in [0.3, 0.4) is 0 Å². The van der Waals surface area contributed by atoms with Crippen molar-refractivity contribution in [3.63, 3.8) is 0 Å². The molecule has 1 aliphatic carbocycles. The van der Waals surface area contributed by atoms with Gasteiger partial charge in [0.1, 0.15) is 5.82 Å². The lowest BCUT2D eigenvalue weighted by Crippen LogP contribution is -2.16. The van der Waals surface area contributed by atoms with E-state index >= 15 is 0 Å². The highest BCUT2D eigenvalue weighted by molar-refractivity contribution is 5.33. The Morgan fingerprint density at radius 1 is 1.40 bits per heavy atom. The van der Waals surface area contributed by atoms with Crippen molar-refractivity contribution in [1.29, 1.82) is 0 Å². The van der Waals surface area contributed by atoms with Crippen LogP contribution >= 0.6 is 0 Å². The standard InChI is InChI=1S/C12H15FN2/c13-11-7-4-8-12(15-11)14-9-10-5-2-1-3-6-10/h1-2,4,7-8,10H,3,5-6,9H2,(H,14,15). The Hall–Kier alpha value is -1.38. The molecule has 1 heterocycles. The number of nitrogens with one attached hydrogen (secondary N) is 1. The number of hydrogen-bond acceptors (Lipinski definition) is 2. The van der Waals surface area contributed by atoms with Crippen molar-refractivity contribution < 1.29 is 4.39 Å². The topological polar surface area (TPSA) is 24.9 Å². The minimum absolute atomic E-state index is 0.427. The Morgan fingerprint density at radius 3 is 3.07 bits per heavy atom. The van der Waals surface area contributed by atoms with E-state index in [2.05, 4.69) is 22.5 Å². The van der Waals surface area contributed by atoms with Crippen LogP contribution in [0.5, 0.6) is 0 Å². The molecule has 0 aromatic carbocycles. The average molecular weight is 206 g/mol. The highest BCUT2D eigenvalue weighted by Gasteiger charge is 2.09. The van der Waals surface area contributed by atoms with E-state index in [1.54, 1.807) is 12.1 Å². The van der Waals surface area contributed by atoms with E-state index in [0.717, 1.165) is 19.4 Å². The predicted octanol–water partition coefficient (Wildman–Crippen LogP) is 2.99. The van der Waals surface area contributed by atoms with Gasteiger partial charge in [-0.3, -0.25) is 0 Å². The molecule has 15 heavy (non-hydrogen) atoms. The van der Waals surface area contributed by atoms with Gasteiger partial charge in [0.25, 0.3) is 0 Å². The average Bonchev–Trinajstić information content (AvgIpc) is 2.28. The quantitative estimate of drug-likeness (QED) is 0.607. The van der Waals surface area contributed by atoms with E-state index in [-0.39, 0.29) is 0 Å². The van der Waals surface area contributed by atoms with Gasteiger partial charge < -0.3 is 5.32 Å². The second kappa shape index (κ2) is 4.91. The van der Waals surface area contributed by atoms with Crippen LogP contribution in [0.2, 0.25) is 0 Å². The fourth-order valence-electron chi connectivity index (χ4n) is 1.80. The lowest BCUT2D eigenvalue weighted by atomic mass is 9.94. The van der Waals surface area contributed by atoms with Crippen LogP contribution in [-0.4, -0.2) is 11.5 Å². The molecule has 1 aromatic heterocycles. The molecule has 1 aromatic rings. The summed E-state index contributed by atoms with van der Waals surface area (Å²) in [7, 11) is 0. The van der Waals surface area contributed by atoms with Crippen LogP contribution in [0.1, 0.15) is 19.3 Å². The number of allylic oxidation sites excluding steroid dienone is 2. The lowest BCUT2D eigenvalue weighted by molar-refractivity contribution is 0.502. The van der Waals surface area contributed by atoms with Crippen molar-refractivity contribution in [3.05, 3.63) is 36.3 Å². The van der Waals surface area contributed by atoms with Crippen molar-refractivity contribution in [1.82, 2.24) is 4.98 Å². The summed E-state index contributed by atoms with van der Waals surface area (Å²) in [6, 6.07) is 4.82. The number of pyridine rings is 1. The van der Waals surface area contributed by atoms with Gasteiger partial charge in [0, 0.05) is 6.54 Å². The first kappa shape index (κ1) is 10.1. The monoisotopic (exact) mass is 206 g/mol. The Labute approximate surface area is 89.2 Å². The normalized spacial score (nSPS) is 20.2. The SMILES string of the molecule is Fc1cccc(NCC2CC=CCC2)n1. The zero-order valence-electron chi connectivity index (χ0n) is 8.62. The number of aromatic nitrogens is 1. The summed E-state index contributed by atoms with van der Waals surface area (Å²) in [6.45, 7) is 0.876. The Morgan fingerprint density at radius 2 is 2.33 bits per heavy atom. The van der Waals surface area contributed by atoms with Crippen LogP contribution in [0.15, 0.2) is 30.4 Å². The van der Waals surface area contributed by atoms with Gasteiger partial charge in [-0.1, -0.05) is 18.2 Å². The molecule has 2 nitrogen and oxygen atoms in total. The molecule has 0 radical (unpaired) electrons. The van der Waals surface area contributed by atoms with Crippen LogP contribution < -0.4 is 5.32 Å². The maximum Gasteiger partial charge on any atom is 0.214 e. The largest absolute Gasteiger partial charge is 0.370 e. The predicted molar refractivity (Wildman–Crippen MR) is 59.2 cm³/mol. The molecule has 0 fully saturated rings. The first-order chi connectivity index (χ1) is 7.34. The van der Waals surface area contributed by atoms with Crippen LogP contribution in [0.25, 0.3) is 0 Å². The van der Waals surface area contributed by atoms with Crippen molar-refractivity contribution >= 4 is 5.82 Å². The minimum Gasteiger partial charge on any atom is -0.370 e. The summed E-state index contributed by atoms with van der Waals surface area (Å²) >= 11 is 0. The summed E-state index contributed by atoms with van der Waals surface area (Å²) in [5.41, 5.74) is 0. The van der Waals surface area contributed by atoms with E-state index in [1.807, 2.05) is 0 Å². The second-order valence-electron chi connectivity index (χ2n) is 3.88. The lowest BCUT2D eigenvalue weighted by Gasteiger charge is -2.18. The molecule has 1 unspecified atom stereocenters. The van der Waals surface area contributed by atoms with E-state index in [1.165, 1.54) is 12.5 Å². The summed E-state index contributed by atoms with van der Waals surface area (Å²) in [4.78, 5) is 3.76. The van der Waals surface area contributed by atoms with E-state index in [9.17, 15) is 4.39 Å². The molecule has 0 bridgehead atoms. The van der Waals surface area contributed by atoms with Crippen LogP contribution in [0, 0.1) is 11.9 Å². The highest BCUT2D eigenvalue weighted by Crippen LogP contribution is 2.18. The van der Waals surface area contributed by atoms with Gasteiger partial charge in [-0.25, -0.2) is 4.98 Å². The Kier molecular flexibility index (Phi) is 3.33. The first-order valence-corrected chi connectivity index (χ1v) is 5.36. The molecule has 1 N–H and O–H groups in total. The van der Waals surface area contributed by atoms with Crippen molar-refractivity contribution in [2.45, 2.75) is 19.3 Å². The minimum atomic E-state index is -0.427. The van der Waals surface area contributed by atoms with Gasteiger partial charge >= 0.3 is 0 Å². The molecular formula is C12H15FN2. The van der Waals surface area contributed by atoms with Crippen LogP contribution in [0.4, 0.5) is 10.2 Å². The fraction of sp³-hybridized carbons (Fsp3) is 0.417. The first-order valence-electron chi connectivity index (χ1n) is 5.36. The molecule has 0 aliphatic heterocycles. The molecule has 0 amide bonds. The summed E-state index contributed by atoms with van der Waals surface area (Å²) < 4.78 is 12.8. The Bertz CT molecular complexity index is 349. The van der Waals surface area contributed by atoms with Crippen molar-refractivity contribution in [3.8, 4) is 0 Å². The van der Waals surface area contributed by atoms with E-state index in [0.29, 0.717) is 11.7 Å². The molecule has 0 saturated heterocycles. The summed E-state index contributed by atoms with van der Waals surface area (Å²) in [6.07, 6.45) is 7.91. The molecule has 0 spiro atoms. The molecule has 3 heteroatoms. The van der Waals surface area contributed by atoms with Gasteiger partial charge in [0.15, 0.2) is 0 Å². The zero-order chi connectivity index (χ0) is 10.5. The number of rotatable bonds is 3. The third-order valence-electron chi connectivity index (χ3n) is 2.66. The molecule has 0 saturated carbocycles. The maximum atomic E-state index is 12.8. The van der Waals surface area contributed by atoms with Crippen LogP contribution in [-0.2, 0) is 0 Å². The third-order valence-corrected chi connectivity index (χ3v) is 2.66. The van der Waals surface area contributed by atoms with Gasteiger partial charge in [0.2, 0.25) is 5.95 Å². The number of hydrogen-bond donors (Lipinski definition) is 1. The fourth-order valence-corrected chi connectivity index (χ4v) is 1.80. The molecule has 80 valence electrons. The van der Waals surface area contributed by atoms with Gasteiger partial charge in [0.05, 0.1) is 0 Å². The number of nitrogens with zero attached hydrogens (tertiary/aromatic N) is 1. The molecular weight excluding hydrogens is 191 g/mol. The van der Waals surface area contributed by atoms with E-state index in [4.69, 9.17) is 0 Å². The zero-order valence-corrected chi connectivity index (χ0v) is 8.62. The van der Waals surface area contributed by atoms with Crippen molar-refractivity contribution in [2.24, 2.45) is 5.92 Å². The summed E-state index contributed by atoms with van der Waals surface area (Å²) in [5.74, 6) is 0.855. The van der Waals surface area contributed by atoms with Gasteiger partial charge in [-0.15, -0.1) is 0 Å². The summed E-state index contributed by atoms with van der Waals surface area (Å²) in [5, 5.41) is 3.17. The van der Waals surface area contributed by atoms with E-state index < -0.39 is 5.95 Å². The highest BCUT2D eigenvalue weighted by atomic mass is 19.1. The number of halogens is 1.